The molecule has 138 valence electrons. The molecule has 2 aromatic rings. The highest BCUT2D eigenvalue weighted by atomic mass is 35.5. The SMILES string of the molecule is C[C@H](NC(=O)c1cc2cc(Cl)ccc2n1C)C(=O)N1CCC[C@H]1C(=O)[O-]. The number of hydrogen-bond acceptors (Lipinski definition) is 4. The van der Waals surface area contributed by atoms with E-state index in [1.54, 1.807) is 36.7 Å². The summed E-state index contributed by atoms with van der Waals surface area (Å²) >= 11 is 5.98. The largest absolute Gasteiger partial charge is 0.548 e. The second-order valence-corrected chi connectivity index (χ2v) is 6.93. The van der Waals surface area contributed by atoms with E-state index in [1.807, 2.05) is 6.07 Å². The van der Waals surface area contributed by atoms with Crippen molar-refractivity contribution in [2.24, 2.45) is 7.05 Å². The molecule has 2 atom stereocenters. The summed E-state index contributed by atoms with van der Waals surface area (Å²) in [4.78, 5) is 37.5. The number of hydrogen-bond donors (Lipinski definition) is 1. The predicted octanol–water partition coefficient (Wildman–Crippen LogP) is 0.691. The van der Waals surface area contributed by atoms with Crippen molar-refractivity contribution in [2.45, 2.75) is 31.8 Å². The summed E-state index contributed by atoms with van der Waals surface area (Å²) in [6.45, 7) is 1.90. The summed E-state index contributed by atoms with van der Waals surface area (Å²) in [7, 11) is 1.75. The molecule has 2 heterocycles. The number of halogens is 1. The number of likely N-dealkylation sites (tertiary alicyclic amines) is 1. The van der Waals surface area contributed by atoms with Crippen molar-refractivity contribution in [1.82, 2.24) is 14.8 Å². The second kappa shape index (κ2) is 6.99. The van der Waals surface area contributed by atoms with Crippen LogP contribution in [0.15, 0.2) is 24.3 Å². The van der Waals surface area contributed by atoms with E-state index in [0.717, 1.165) is 10.9 Å². The number of carbonyl (C=O) groups is 3. The highest BCUT2D eigenvalue weighted by Crippen LogP contribution is 2.23. The van der Waals surface area contributed by atoms with Crippen molar-refractivity contribution in [1.29, 1.82) is 0 Å². The smallest absolute Gasteiger partial charge is 0.268 e. The van der Waals surface area contributed by atoms with Gasteiger partial charge in [-0.15, -0.1) is 0 Å². The Morgan fingerprint density at radius 1 is 1.31 bits per heavy atom. The van der Waals surface area contributed by atoms with Crippen molar-refractivity contribution in [2.75, 3.05) is 6.54 Å². The third-order valence-corrected chi connectivity index (χ3v) is 5.00. The lowest BCUT2D eigenvalue weighted by Crippen LogP contribution is -2.53. The molecule has 1 aliphatic rings. The van der Waals surface area contributed by atoms with Crippen LogP contribution in [0.1, 0.15) is 30.3 Å². The van der Waals surface area contributed by atoms with Crippen molar-refractivity contribution in [3.63, 3.8) is 0 Å². The highest BCUT2D eigenvalue weighted by Gasteiger charge is 2.33. The quantitative estimate of drug-likeness (QED) is 0.849. The van der Waals surface area contributed by atoms with Gasteiger partial charge < -0.3 is 24.7 Å². The van der Waals surface area contributed by atoms with E-state index in [0.29, 0.717) is 30.1 Å². The first kappa shape index (κ1) is 18.3. The molecule has 2 amide bonds. The topological polar surface area (TPSA) is 94.5 Å². The number of amides is 2. The zero-order chi connectivity index (χ0) is 19.0. The number of carboxylic acids is 1. The summed E-state index contributed by atoms with van der Waals surface area (Å²) in [6.07, 6.45) is 0.980. The average Bonchev–Trinajstić information content (AvgIpc) is 3.19. The number of aryl methyl sites for hydroxylation is 1. The number of fused-ring (bicyclic) bond motifs is 1. The van der Waals surface area contributed by atoms with Crippen LogP contribution in [0.4, 0.5) is 0 Å². The Labute approximate surface area is 155 Å². The second-order valence-electron chi connectivity index (χ2n) is 6.50. The molecule has 0 unspecified atom stereocenters. The van der Waals surface area contributed by atoms with Crippen molar-refractivity contribution < 1.29 is 19.5 Å². The summed E-state index contributed by atoms with van der Waals surface area (Å²) < 4.78 is 1.72. The summed E-state index contributed by atoms with van der Waals surface area (Å²) in [6, 6.07) is 5.25. The van der Waals surface area contributed by atoms with E-state index >= 15 is 0 Å². The number of aliphatic carboxylic acids is 1. The van der Waals surface area contributed by atoms with Crippen LogP contribution in [0.5, 0.6) is 0 Å². The zero-order valence-electron chi connectivity index (χ0n) is 14.5. The lowest BCUT2D eigenvalue weighted by Gasteiger charge is -2.28. The average molecular weight is 377 g/mol. The third-order valence-electron chi connectivity index (χ3n) is 4.76. The molecule has 26 heavy (non-hydrogen) atoms. The number of nitrogens with one attached hydrogen (secondary N) is 1. The van der Waals surface area contributed by atoms with E-state index in [-0.39, 0.29) is 0 Å². The maximum Gasteiger partial charge on any atom is 0.268 e. The first-order valence-electron chi connectivity index (χ1n) is 8.36. The van der Waals surface area contributed by atoms with Gasteiger partial charge in [-0.3, -0.25) is 9.59 Å². The van der Waals surface area contributed by atoms with Gasteiger partial charge in [0.15, 0.2) is 0 Å². The monoisotopic (exact) mass is 376 g/mol. The Bertz CT molecular complexity index is 892. The fourth-order valence-corrected chi connectivity index (χ4v) is 3.58. The molecule has 1 fully saturated rings. The van der Waals surface area contributed by atoms with Crippen LogP contribution < -0.4 is 10.4 Å². The number of aromatic nitrogens is 1. The van der Waals surface area contributed by atoms with E-state index < -0.39 is 29.9 Å². The van der Waals surface area contributed by atoms with Gasteiger partial charge in [-0.1, -0.05) is 11.6 Å². The van der Waals surface area contributed by atoms with Crippen molar-refractivity contribution in [3.05, 3.63) is 35.0 Å². The van der Waals surface area contributed by atoms with E-state index in [2.05, 4.69) is 5.32 Å². The van der Waals surface area contributed by atoms with Crippen LogP contribution in [0.25, 0.3) is 10.9 Å². The van der Waals surface area contributed by atoms with Gasteiger partial charge in [-0.05, 0) is 44.0 Å². The Hall–Kier alpha value is -2.54. The minimum Gasteiger partial charge on any atom is -0.548 e. The molecule has 1 aromatic heterocycles. The molecule has 7 nitrogen and oxygen atoms in total. The molecule has 1 saturated heterocycles. The molecule has 0 saturated carbocycles. The molecule has 0 spiro atoms. The Morgan fingerprint density at radius 2 is 2.04 bits per heavy atom. The molecule has 8 heteroatoms. The standard InChI is InChI=1S/C18H20ClN3O4/c1-10(17(24)22-7-3-4-14(22)18(25)26)20-16(23)15-9-11-8-12(19)5-6-13(11)21(15)2/h5-6,8-10,14H,3-4,7H2,1-2H3,(H,20,23)(H,25,26)/p-1/t10-,14-/m0/s1. The first-order valence-corrected chi connectivity index (χ1v) is 8.74. The van der Waals surface area contributed by atoms with Gasteiger partial charge in [0.1, 0.15) is 11.7 Å². The Balaban J connectivity index is 1.76. The molecule has 3 rings (SSSR count). The number of benzene rings is 1. The number of carbonyl (C=O) groups excluding carboxylic acids is 3. The van der Waals surface area contributed by atoms with Crippen LogP contribution in [-0.2, 0) is 16.6 Å². The first-order chi connectivity index (χ1) is 12.3. The maximum atomic E-state index is 12.6. The molecular formula is C18H19ClN3O4-. The van der Waals surface area contributed by atoms with Gasteiger partial charge in [0.25, 0.3) is 5.91 Å². The minimum absolute atomic E-state index is 0.351. The summed E-state index contributed by atoms with van der Waals surface area (Å²) in [5.41, 5.74) is 1.23. The molecule has 0 bridgehead atoms. The number of carboxylic acid groups (broad SMARTS) is 1. The zero-order valence-corrected chi connectivity index (χ0v) is 15.2. The van der Waals surface area contributed by atoms with Crippen LogP contribution in [0, 0.1) is 0 Å². The number of nitrogens with zero attached hydrogens (tertiary/aromatic N) is 2. The van der Waals surface area contributed by atoms with E-state index in [4.69, 9.17) is 11.6 Å². The lowest BCUT2D eigenvalue weighted by atomic mass is 10.2. The molecule has 0 radical (unpaired) electrons. The van der Waals surface area contributed by atoms with Crippen molar-refractivity contribution in [3.8, 4) is 0 Å². The maximum absolute atomic E-state index is 12.6. The molecule has 1 aromatic carbocycles. The van der Waals surface area contributed by atoms with Crippen molar-refractivity contribution >= 4 is 40.3 Å². The summed E-state index contributed by atoms with van der Waals surface area (Å²) in [5.74, 6) is -2.10. The van der Waals surface area contributed by atoms with Crippen LogP contribution >= 0.6 is 11.6 Å². The third kappa shape index (κ3) is 3.26. The fourth-order valence-electron chi connectivity index (χ4n) is 3.39. The van der Waals surface area contributed by atoms with Gasteiger partial charge in [-0.2, -0.15) is 0 Å². The number of rotatable bonds is 4. The molecule has 1 N–H and O–H groups in total. The van der Waals surface area contributed by atoms with Gasteiger partial charge in [0.2, 0.25) is 5.91 Å². The summed E-state index contributed by atoms with van der Waals surface area (Å²) in [5, 5.41) is 15.2. The Kier molecular flexibility index (Phi) is 4.91. The predicted molar refractivity (Wildman–Crippen MR) is 94.6 cm³/mol. The van der Waals surface area contributed by atoms with Gasteiger partial charge in [-0.25, -0.2) is 0 Å². The Morgan fingerprint density at radius 3 is 2.73 bits per heavy atom. The van der Waals surface area contributed by atoms with Gasteiger partial charge in [0.05, 0.1) is 12.0 Å². The van der Waals surface area contributed by atoms with Crippen LogP contribution in [-0.4, -0.2) is 45.9 Å². The molecular weight excluding hydrogens is 358 g/mol. The minimum atomic E-state index is -1.26. The van der Waals surface area contributed by atoms with E-state index in [1.165, 1.54) is 4.90 Å². The molecule has 1 aliphatic heterocycles. The van der Waals surface area contributed by atoms with Crippen LogP contribution in [0.3, 0.4) is 0 Å². The van der Waals surface area contributed by atoms with Gasteiger partial charge in [0, 0.05) is 29.5 Å². The molecule has 0 aliphatic carbocycles. The lowest BCUT2D eigenvalue weighted by molar-refractivity contribution is -0.310. The van der Waals surface area contributed by atoms with Gasteiger partial charge >= 0.3 is 0 Å². The van der Waals surface area contributed by atoms with Crippen LogP contribution in [0.2, 0.25) is 5.02 Å². The highest BCUT2D eigenvalue weighted by molar-refractivity contribution is 6.31. The normalized spacial score (nSPS) is 18.1. The van der Waals surface area contributed by atoms with E-state index in [9.17, 15) is 19.5 Å². The fraction of sp³-hybridized carbons (Fsp3) is 0.389.